The first-order valence-electron chi connectivity index (χ1n) is 13.2. The predicted molar refractivity (Wildman–Crippen MR) is 171 cm³/mol. The molecular formula is C33H20ClFN4O4S. The fourth-order valence-corrected chi connectivity index (χ4v) is 5.47. The number of nitro groups is 1. The fourth-order valence-electron chi connectivity index (χ4n) is 5.02. The summed E-state index contributed by atoms with van der Waals surface area (Å²) in [5, 5.41) is 13.5. The largest absolute Gasteiger partial charge is 0.309 e. The van der Waals surface area contributed by atoms with E-state index in [-0.39, 0.29) is 27.1 Å². The van der Waals surface area contributed by atoms with Gasteiger partial charge in [-0.3, -0.25) is 29.9 Å². The molecule has 4 aromatic carbocycles. The van der Waals surface area contributed by atoms with E-state index in [1.165, 1.54) is 30.3 Å². The quantitative estimate of drug-likeness (QED) is 0.0702. The van der Waals surface area contributed by atoms with Gasteiger partial charge < -0.3 is 4.57 Å². The number of nitro benzene ring substituents is 1. The van der Waals surface area contributed by atoms with Gasteiger partial charge in [0.25, 0.3) is 17.5 Å². The van der Waals surface area contributed by atoms with Crippen LogP contribution in [-0.4, -0.2) is 26.4 Å². The standard InChI is InChI=1S/C33H20ClFN4O4S/c34-27-19-25(15-16-28(27)35)38-32(41)26(31(40)36-33(38)44)17-22-18-29(20-7-3-1-4-8-20)37(30(22)21-9-5-2-6-10-21)23-11-13-24(14-12-23)39(42)43/h1-19H,(H,36,40,44)/b26-17-. The second kappa shape index (κ2) is 11.7. The minimum Gasteiger partial charge on any atom is -0.309 e. The van der Waals surface area contributed by atoms with Gasteiger partial charge in [-0.1, -0.05) is 72.3 Å². The molecule has 44 heavy (non-hydrogen) atoms. The Morgan fingerprint density at radius 2 is 1.45 bits per heavy atom. The number of aromatic nitrogens is 1. The van der Waals surface area contributed by atoms with Gasteiger partial charge in [-0.05, 0) is 65.8 Å². The molecule has 2 heterocycles. The number of halogens is 2. The normalized spacial score (nSPS) is 14.2. The highest BCUT2D eigenvalue weighted by Crippen LogP contribution is 2.38. The van der Waals surface area contributed by atoms with Crippen molar-refractivity contribution in [2.24, 2.45) is 0 Å². The van der Waals surface area contributed by atoms with Crippen LogP contribution in [0.25, 0.3) is 34.3 Å². The minimum absolute atomic E-state index is 0.0628. The third-order valence-corrected chi connectivity index (χ3v) is 7.60. The number of hydrogen-bond donors (Lipinski definition) is 1. The summed E-state index contributed by atoms with van der Waals surface area (Å²) in [7, 11) is 0. The third-order valence-electron chi connectivity index (χ3n) is 7.03. The Morgan fingerprint density at radius 1 is 0.841 bits per heavy atom. The van der Waals surface area contributed by atoms with Gasteiger partial charge in [0.2, 0.25) is 0 Å². The maximum absolute atomic E-state index is 13.9. The molecule has 0 saturated carbocycles. The van der Waals surface area contributed by atoms with Gasteiger partial charge >= 0.3 is 0 Å². The lowest BCUT2D eigenvalue weighted by Crippen LogP contribution is -2.54. The van der Waals surface area contributed by atoms with E-state index in [0.717, 1.165) is 22.1 Å². The second-order valence-corrected chi connectivity index (χ2v) is 10.5. The Kier molecular flexibility index (Phi) is 7.60. The molecule has 1 aliphatic heterocycles. The highest BCUT2D eigenvalue weighted by molar-refractivity contribution is 7.80. The molecule has 2 amide bonds. The molecule has 6 rings (SSSR count). The van der Waals surface area contributed by atoms with Crippen molar-refractivity contribution in [2.75, 3.05) is 4.90 Å². The smallest absolute Gasteiger partial charge is 0.270 e. The molecule has 0 unspecified atom stereocenters. The molecule has 1 fully saturated rings. The summed E-state index contributed by atoms with van der Waals surface area (Å²) < 4.78 is 15.8. The number of nitrogens with one attached hydrogen (secondary N) is 1. The van der Waals surface area contributed by atoms with Crippen LogP contribution in [0.15, 0.2) is 115 Å². The van der Waals surface area contributed by atoms with Crippen LogP contribution in [-0.2, 0) is 9.59 Å². The van der Waals surface area contributed by atoms with E-state index in [4.69, 9.17) is 23.8 Å². The summed E-state index contributed by atoms with van der Waals surface area (Å²) in [6.07, 6.45) is 1.48. The minimum atomic E-state index is -0.718. The van der Waals surface area contributed by atoms with Crippen molar-refractivity contribution < 1.29 is 18.9 Å². The number of thiocarbonyl (C=S) groups is 1. The summed E-state index contributed by atoms with van der Waals surface area (Å²) in [6, 6.07) is 30.5. The first kappa shape index (κ1) is 28.7. The Labute approximate surface area is 260 Å². The molecular weight excluding hydrogens is 603 g/mol. The van der Waals surface area contributed by atoms with Crippen LogP contribution in [0.1, 0.15) is 5.56 Å². The van der Waals surface area contributed by atoms with Crippen molar-refractivity contribution in [3.05, 3.63) is 141 Å². The summed E-state index contributed by atoms with van der Waals surface area (Å²) >= 11 is 11.3. The highest BCUT2D eigenvalue weighted by Gasteiger charge is 2.35. The number of nitrogens with zero attached hydrogens (tertiary/aromatic N) is 3. The molecule has 8 nitrogen and oxygen atoms in total. The van der Waals surface area contributed by atoms with Crippen molar-refractivity contribution in [2.45, 2.75) is 0 Å². The average Bonchev–Trinajstić information content (AvgIpc) is 3.41. The van der Waals surface area contributed by atoms with E-state index in [1.807, 2.05) is 71.3 Å². The van der Waals surface area contributed by atoms with Crippen LogP contribution in [0.2, 0.25) is 5.02 Å². The van der Waals surface area contributed by atoms with E-state index in [0.29, 0.717) is 22.6 Å². The molecule has 11 heteroatoms. The maximum atomic E-state index is 13.9. The molecule has 1 N–H and O–H groups in total. The SMILES string of the molecule is O=C1NC(=S)N(c2ccc(F)c(Cl)c2)C(=O)/C1=C\c1cc(-c2ccccc2)n(-c2ccc([N+](=O)[O-])cc2)c1-c1ccccc1. The number of anilines is 1. The Morgan fingerprint density at radius 3 is 2.07 bits per heavy atom. The lowest BCUT2D eigenvalue weighted by Gasteiger charge is -2.29. The van der Waals surface area contributed by atoms with Crippen molar-refractivity contribution in [3.8, 4) is 28.2 Å². The number of carbonyl (C=O) groups excluding carboxylic acids is 2. The maximum Gasteiger partial charge on any atom is 0.270 e. The lowest BCUT2D eigenvalue weighted by molar-refractivity contribution is -0.384. The zero-order valence-electron chi connectivity index (χ0n) is 22.6. The topological polar surface area (TPSA) is 97.5 Å². The first-order chi connectivity index (χ1) is 21.2. The Hall–Kier alpha value is -5.45. The number of benzene rings is 4. The van der Waals surface area contributed by atoms with Crippen molar-refractivity contribution >= 4 is 58.2 Å². The van der Waals surface area contributed by atoms with Gasteiger partial charge in [-0.25, -0.2) is 4.39 Å². The summed E-state index contributed by atoms with van der Waals surface area (Å²) in [5.74, 6) is -2.09. The van der Waals surface area contributed by atoms with Crippen LogP contribution < -0.4 is 10.2 Å². The van der Waals surface area contributed by atoms with Gasteiger partial charge in [0.05, 0.1) is 27.0 Å². The van der Waals surface area contributed by atoms with Gasteiger partial charge in [0, 0.05) is 23.4 Å². The number of rotatable bonds is 6. The second-order valence-electron chi connectivity index (χ2n) is 9.73. The molecule has 5 aromatic rings. The monoisotopic (exact) mass is 622 g/mol. The molecule has 1 aromatic heterocycles. The van der Waals surface area contributed by atoms with E-state index in [9.17, 15) is 24.1 Å². The van der Waals surface area contributed by atoms with Gasteiger partial charge in [0.1, 0.15) is 11.4 Å². The Bertz CT molecular complexity index is 1990. The first-order valence-corrected chi connectivity index (χ1v) is 14.0. The summed E-state index contributed by atoms with van der Waals surface area (Å²) in [6.45, 7) is 0. The third kappa shape index (κ3) is 5.28. The van der Waals surface area contributed by atoms with Crippen LogP contribution in [0.3, 0.4) is 0 Å². The van der Waals surface area contributed by atoms with E-state index >= 15 is 0 Å². The Balaban J connectivity index is 1.59. The molecule has 0 spiro atoms. The van der Waals surface area contributed by atoms with Crippen molar-refractivity contribution in [1.82, 2.24) is 9.88 Å². The molecule has 0 bridgehead atoms. The van der Waals surface area contributed by atoms with Gasteiger partial charge in [-0.2, -0.15) is 0 Å². The number of hydrogen-bond acceptors (Lipinski definition) is 5. The van der Waals surface area contributed by atoms with Crippen LogP contribution >= 0.6 is 23.8 Å². The van der Waals surface area contributed by atoms with Crippen LogP contribution in [0.5, 0.6) is 0 Å². The summed E-state index contributed by atoms with van der Waals surface area (Å²) in [5.41, 5.74) is 4.01. The zero-order valence-corrected chi connectivity index (χ0v) is 24.2. The van der Waals surface area contributed by atoms with E-state index in [1.54, 1.807) is 12.1 Å². The average molecular weight is 623 g/mol. The van der Waals surface area contributed by atoms with E-state index < -0.39 is 22.6 Å². The number of amides is 2. The number of non-ortho nitro benzene ring substituents is 1. The molecule has 216 valence electrons. The molecule has 1 saturated heterocycles. The van der Waals surface area contributed by atoms with Crippen molar-refractivity contribution in [3.63, 3.8) is 0 Å². The fraction of sp³-hybridized carbons (Fsp3) is 0. The predicted octanol–water partition coefficient (Wildman–Crippen LogP) is 7.34. The molecule has 0 atom stereocenters. The zero-order chi connectivity index (χ0) is 31.0. The van der Waals surface area contributed by atoms with Gasteiger partial charge in [-0.15, -0.1) is 0 Å². The number of carbonyl (C=O) groups is 2. The molecule has 0 radical (unpaired) electrons. The van der Waals surface area contributed by atoms with E-state index in [2.05, 4.69) is 5.32 Å². The van der Waals surface area contributed by atoms with Crippen LogP contribution in [0, 0.1) is 15.9 Å². The van der Waals surface area contributed by atoms with Gasteiger partial charge in [0.15, 0.2) is 5.11 Å². The van der Waals surface area contributed by atoms with Crippen LogP contribution in [0.4, 0.5) is 15.8 Å². The van der Waals surface area contributed by atoms with Crippen molar-refractivity contribution in [1.29, 1.82) is 0 Å². The molecule has 0 aliphatic carbocycles. The summed E-state index contributed by atoms with van der Waals surface area (Å²) in [4.78, 5) is 39.1. The molecule has 1 aliphatic rings. The highest BCUT2D eigenvalue weighted by atomic mass is 35.5. The lowest BCUT2D eigenvalue weighted by atomic mass is 10.0.